The number of nitrogens with one attached hydrogen (secondary N) is 1. The largest absolute Gasteiger partial charge is 0.492 e. The molecule has 0 atom stereocenters. The van der Waals surface area contributed by atoms with Gasteiger partial charge in [-0.25, -0.2) is 0 Å². The minimum Gasteiger partial charge on any atom is -0.492 e. The molecule has 0 aliphatic carbocycles. The van der Waals surface area contributed by atoms with E-state index < -0.39 is 0 Å². The fourth-order valence-corrected chi connectivity index (χ4v) is 3.03. The summed E-state index contributed by atoms with van der Waals surface area (Å²) in [6, 6.07) is 15.7. The van der Waals surface area contributed by atoms with E-state index in [9.17, 15) is 4.79 Å². The van der Waals surface area contributed by atoms with Crippen molar-refractivity contribution in [1.29, 1.82) is 0 Å². The number of aromatic nitrogens is 1. The van der Waals surface area contributed by atoms with Crippen LogP contribution in [0.25, 0.3) is 10.9 Å². The first-order valence-corrected chi connectivity index (χ1v) is 8.16. The van der Waals surface area contributed by atoms with Crippen molar-refractivity contribution in [2.24, 2.45) is 7.05 Å². The minimum absolute atomic E-state index is 0.0402. The van der Waals surface area contributed by atoms with Crippen LogP contribution >= 0.6 is 0 Å². The molecule has 0 aliphatic heterocycles. The summed E-state index contributed by atoms with van der Waals surface area (Å²) in [7, 11) is 2.03. The summed E-state index contributed by atoms with van der Waals surface area (Å²) >= 11 is 0. The van der Waals surface area contributed by atoms with E-state index in [4.69, 9.17) is 4.74 Å². The second-order valence-corrected chi connectivity index (χ2v) is 5.79. The smallest absolute Gasteiger partial charge is 0.228 e. The van der Waals surface area contributed by atoms with Crippen molar-refractivity contribution in [2.75, 3.05) is 11.9 Å². The second-order valence-electron chi connectivity index (χ2n) is 5.79. The lowest BCUT2D eigenvalue weighted by Crippen LogP contribution is -2.15. The van der Waals surface area contributed by atoms with Crippen LogP contribution in [0.4, 0.5) is 5.69 Å². The topological polar surface area (TPSA) is 43.3 Å². The van der Waals surface area contributed by atoms with Gasteiger partial charge in [0, 0.05) is 23.6 Å². The molecular weight excluding hydrogens is 300 g/mol. The predicted molar refractivity (Wildman–Crippen MR) is 97.6 cm³/mol. The Labute approximate surface area is 142 Å². The van der Waals surface area contributed by atoms with Crippen molar-refractivity contribution in [3.05, 3.63) is 59.8 Å². The number of hydrogen-bond acceptors (Lipinski definition) is 2. The number of para-hydroxylation sites is 3. The molecule has 0 saturated carbocycles. The van der Waals surface area contributed by atoms with E-state index in [0.29, 0.717) is 24.5 Å². The van der Waals surface area contributed by atoms with E-state index in [0.717, 1.165) is 22.2 Å². The quantitative estimate of drug-likeness (QED) is 0.769. The standard InChI is InChI=1S/C20H22N2O2/c1-4-24-19-12-8-6-10-17(19)21-20(23)13-16-14(2)22(3)18-11-7-5-9-15(16)18/h5-12H,4,13H2,1-3H3,(H,21,23). The van der Waals surface area contributed by atoms with Gasteiger partial charge in [-0.2, -0.15) is 0 Å². The predicted octanol–water partition coefficient (Wildman–Crippen LogP) is 4.07. The summed E-state index contributed by atoms with van der Waals surface area (Å²) in [5.41, 5.74) is 4.04. The number of carbonyl (C=O) groups is 1. The van der Waals surface area contributed by atoms with Crippen molar-refractivity contribution in [3.63, 3.8) is 0 Å². The molecule has 0 fully saturated rings. The van der Waals surface area contributed by atoms with Gasteiger partial charge in [0.05, 0.1) is 18.7 Å². The van der Waals surface area contributed by atoms with Gasteiger partial charge in [-0.15, -0.1) is 0 Å². The first-order chi connectivity index (χ1) is 11.6. The third-order valence-electron chi connectivity index (χ3n) is 4.33. The molecule has 1 N–H and O–H groups in total. The number of rotatable bonds is 5. The first kappa shape index (κ1) is 16.1. The second kappa shape index (κ2) is 6.79. The molecule has 1 amide bonds. The number of aryl methyl sites for hydroxylation is 1. The van der Waals surface area contributed by atoms with Crippen molar-refractivity contribution >= 4 is 22.5 Å². The average Bonchev–Trinajstić information content (AvgIpc) is 2.82. The number of carbonyl (C=O) groups excluding carboxylic acids is 1. The van der Waals surface area contributed by atoms with Crippen molar-refractivity contribution in [2.45, 2.75) is 20.3 Å². The van der Waals surface area contributed by atoms with Gasteiger partial charge in [0.2, 0.25) is 5.91 Å². The highest BCUT2D eigenvalue weighted by atomic mass is 16.5. The van der Waals surface area contributed by atoms with Gasteiger partial charge in [0.15, 0.2) is 0 Å². The van der Waals surface area contributed by atoms with Crippen LogP contribution in [0.5, 0.6) is 5.75 Å². The summed E-state index contributed by atoms with van der Waals surface area (Å²) < 4.78 is 7.70. The molecule has 1 aromatic heterocycles. The van der Waals surface area contributed by atoms with Gasteiger partial charge < -0.3 is 14.6 Å². The van der Waals surface area contributed by atoms with Crippen LogP contribution in [0.3, 0.4) is 0 Å². The number of fused-ring (bicyclic) bond motifs is 1. The van der Waals surface area contributed by atoms with Crippen molar-refractivity contribution in [1.82, 2.24) is 4.57 Å². The Kier molecular flexibility index (Phi) is 4.56. The molecule has 124 valence electrons. The number of anilines is 1. The molecule has 3 rings (SSSR count). The highest BCUT2D eigenvalue weighted by Crippen LogP contribution is 2.27. The normalized spacial score (nSPS) is 10.8. The van der Waals surface area contributed by atoms with Crippen LogP contribution in [0, 0.1) is 6.92 Å². The molecule has 0 aliphatic rings. The van der Waals surface area contributed by atoms with Gasteiger partial charge in [-0.05, 0) is 37.6 Å². The number of hydrogen-bond donors (Lipinski definition) is 1. The summed E-state index contributed by atoms with van der Waals surface area (Å²) in [6.07, 6.45) is 0.341. The summed E-state index contributed by atoms with van der Waals surface area (Å²) in [5, 5.41) is 4.10. The zero-order valence-corrected chi connectivity index (χ0v) is 14.3. The van der Waals surface area contributed by atoms with Gasteiger partial charge in [-0.3, -0.25) is 4.79 Å². The Bertz CT molecular complexity index is 880. The lowest BCUT2D eigenvalue weighted by atomic mass is 10.1. The minimum atomic E-state index is -0.0402. The van der Waals surface area contributed by atoms with Gasteiger partial charge in [-0.1, -0.05) is 30.3 Å². The number of ether oxygens (including phenoxy) is 1. The van der Waals surface area contributed by atoms with E-state index in [1.54, 1.807) is 0 Å². The molecule has 24 heavy (non-hydrogen) atoms. The fourth-order valence-electron chi connectivity index (χ4n) is 3.03. The lowest BCUT2D eigenvalue weighted by molar-refractivity contribution is -0.115. The van der Waals surface area contributed by atoms with E-state index in [1.165, 1.54) is 0 Å². The van der Waals surface area contributed by atoms with Crippen LogP contribution in [0.1, 0.15) is 18.2 Å². The third kappa shape index (κ3) is 3.00. The Morgan fingerprint density at radius 3 is 2.62 bits per heavy atom. The Morgan fingerprint density at radius 2 is 1.83 bits per heavy atom. The van der Waals surface area contributed by atoms with Crippen molar-refractivity contribution in [3.8, 4) is 5.75 Å². The number of benzene rings is 2. The maximum Gasteiger partial charge on any atom is 0.228 e. The lowest BCUT2D eigenvalue weighted by Gasteiger charge is -2.11. The molecule has 0 spiro atoms. The molecule has 1 heterocycles. The van der Waals surface area contributed by atoms with Crippen LogP contribution < -0.4 is 10.1 Å². The summed E-state index contributed by atoms with van der Waals surface area (Å²) in [5.74, 6) is 0.657. The SMILES string of the molecule is CCOc1ccccc1NC(=O)Cc1c(C)n(C)c2ccccc12. The zero-order chi connectivity index (χ0) is 17.1. The van der Waals surface area contributed by atoms with Crippen LogP contribution in [-0.4, -0.2) is 17.1 Å². The molecule has 4 nitrogen and oxygen atoms in total. The summed E-state index contributed by atoms with van der Waals surface area (Å²) in [4.78, 5) is 12.6. The molecule has 0 saturated heterocycles. The monoisotopic (exact) mass is 322 g/mol. The Morgan fingerprint density at radius 1 is 1.12 bits per heavy atom. The van der Waals surface area contributed by atoms with Crippen LogP contribution in [0.15, 0.2) is 48.5 Å². The highest BCUT2D eigenvalue weighted by molar-refractivity contribution is 5.97. The third-order valence-corrected chi connectivity index (χ3v) is 4.33. The van der Waals surface area contributed by atoms with Crippen LogP contribution in [0.2, 0.25) is 0 Å². The van der Waals surface area contributed by atoms with E-state index >= 15 is 0 Å². The van der Waals surface area contributed by atoms with Gasteiger partial charge >= 0.3 is 0 Å². The van der Waals surface area contributed by atoms with Gasteiger partial charge in [0.25, 0.3) is 0 Å². The van der Waals surface area contributed by atoms with E-state index in [2.05, 4.69) is 28.9 Å². The van der Waals surface area contributed by atoms with Crippen molar-refractivity contribution < 1.29 is 9.53 Å². The summed E-state index contributed by atoms with van der Waals surface area (Å²) in [6.45, 7) is 4.55. The molecule has 4 heteroatoms. The van der Waals surface area contributed by atoms with Gasteiger partial charge in [0.1, 0.15) is 5.75 Å². The first-order valence-electron chi connectivity index (χ1n) is 8.16. The average molecular weight is 322 g/mol. The molecule has 3 aromatic rings. The maximum atomic E-state index is 12.6. The molecule has 0 unspecified atom stereocenters. The molecule has 0 bridgehead atoms. The molecule has 2 aromatic carbocycles. The fraction of sp³-hybridized carbons (Fsp3) is 0.250. The molecular formula is C20H22N2O2. The number of nitrogens with zero attached hydrogens (tertiary/aromatic N) is 1. The zero-order valence-electron chi connectivity index (χ0n) is 14.3. The molecule has 0 radical (unpaired) electrons. The van der Waals surface area contributed by atoms with E-state index in [-0.39, 0.29) is 5.91 Å². The van der Waals surface area contributed by atoms with E-state index in [1.807, 2.05) is 50.4 Å². The Balaban J connectivity index is 1.85. The Hall–Kier alpha value is -2.75. The number of amides is 1. The highest BCUT2D eigenvalue weighted by Gasteiger charge is 2.15. The van der Waals surface area contributed by atoms with Crippen LogP contribution in [-0.2, 0) is 18.3 Å². The maximum absolute atomic E-state index is 12.6.